The maximum absolute atomic E-state index is 10.9. The number of hydrogen-bond donors (Lipinski definition) is 2. The number of phenolic OH excluding ortho intramolecular Hbond substituents is 1. The largest absolute Gasteiger partial charge is 0.506 e. The summed E-state index contributed by atoms with van der Waals surface area (Å²) in [7, 11) is -3.34. The van der Waals surface area contributed by atoms with Crippen LogP contribution in [0.2, 0.25) is 0 Å². The van der Waals surface area contributed by atoms with Gasteiger partial charge in [-0.3, -0.25) is 4.72 Å². The second-order valence-corrected chi connectivity index (χ2v) is 5.39. The molecule has 78 valence electrons. The molecule has 1 aromatic carbocycles. The van der Waals surface area contributed by atoms with Gasteiger partial charge in [-0.15, -0.1) is 11.8 Å². The molecule has 6 heteroatoms. The second-order valence-electron chi connectivity index (χ2n) is 2.76. The zero-order valence-corrected chi connectivity index (χ0v) is 9.45. The van der Waals surface area contributed by atoms with E-state index >= 15 is 0 Å². The van der Waals surface area contributed by atoms with Crippen LogP contribution in [-0.4, -0.2) is 26.0 Å². The Labute approximate surface area is 87.4 Å². The van der Waals surface area contributed by atoms with Crippen LogP contribution in [0.5, 0.6) is 5.75 Å². The minimum atomic E-state index is -3.34. The lowest BCUT2D eigenvalue weighted by molar-refractivity contribution is 0.476. The Morgan fingerprint density at radius 1 is 1.43 bits per heavy atom. The first-order valence-electron chi connectivity index (χ1n) is 3.77. The monoisotopic (exact) mass is 233 g/mol. The van der Waals surface area contributed by atoms with Crippen molar-refractivity contribution in [1.82, 2.24) is 0 Å². The Balaban J connectivity index is 3.01. The highest BCUT2D eigenvalue weighted by Gasteiger charge is 2.06. The van der Waals surface area contributed by atoms with Crippen LogP contribution in [-0.2, 0) is 10.0 Å². The fourth-order valence-electron chi connectivity index (χ4n) is 0.924. The summed E-state index contributed by atoms with van der Waals surface area (Å²) in [5.41, 5.74) is 0.199. The molecule has 0 aliphatic rings. The van der Waals surface area contributed by atoms with E-state index in [4.69, 9.17) is 0 Å². The summed E-state index contributed by atoms with van der Waals surface area (Å²) < 4.78 is 24.0. The molecular weight excluding hydrogens is 222 g/mol. The minimum Gasteiger partial charge on any atom is -0.506 e. The number of phenols is 1. The Morgan fingerprint density at radius 2 is 2.07 bits per heavy atom. The van der Waals surface area contributed by atoms with E-state index in [0.717, 1.165) is 11.2 Å². The minimum absolute atomic E-state index is 0.0673. The fourth-order valence-corrected chi connectivity index (χ4v) is 1.93. The highest BCUT2D eigenvalue weighted by atomic mass is 32.2. The Bertz CT molecular complexity index is 428. The third-order valence-electron chi connectivity index (χ3n) is 1.50. The van der Waals surface area contributed by atoms with Crippen LogP contribution in [0.1, 0.15) is 0 Å². The number of thioether (sulfide) groups is 1. The molecule has 0 saturated carbocycles. The number of aromatic hydroxyl groups is 1. The van der Waals surface area contributed by atoms with Crippen molar-refractivity contribution in [3.05, 3.63) is 18.2 Å². The molecule has 0 bridgehead atoms. The summed E-state index contributed by atoms with van der Waals surface area (Å²) in [5.74, 6) is -0.0673. The van der Waals surface area contributed by atoms with Crippen molar-refractivity contribution in [2.45, 2.75) is 4.90 Å². The number of rotatable bonds is 3. The molecule has 0 radical (unpaired) electrons. The molecule has 14 heavy (non-hydrogen) atoms. The molecule has 1 aromatic rings. The van der Waals surface area contributed by atoms with Crippen LogP contribution >= 0.6 is 11.8 Å². The van der Waals surface area contributed by atoms with Gasteiger partial charge in [-0.05, 0) is 24.5 Å². The molecule has 0 heterocycles. The van der Waals surface area contributed by atoms with E-state index in [0.29, 0.717) is 0 Å². The Hall–Kier alpha value is -0.880. The van der Waals surface area contributed by atoms with Gasteiger partial charge >= 0.3 is 0 Å². The molecule has 0 atom stereocenters. The van der Waals surface area contributed by atoms with Crippen LogP contribution in [0, 0.1) is 0 Å². The molecule has 0 unspecified atom stereocenters. The van der Waals surface area contributed by atoms with Crippen LogP contribution in [0.15, 0.2) is 23.1 Å². The molecule has 0 spiro atoms. The number of anilines is 1. The van der Waals surface area contributed by atoms with Crippen molar-refractivity contribution >= 4 is 27.5 Å². The first-order valence-corrected chi connectivity index (χ1v) is 6.89. The molecule has 0 saturated heterocycles. The number of nitrogens with one attached hydrogen (secondary N) is 1. The lowest BCUT2D eigenvalue weighted by Crippen LogP contribution is -2.09. The number of sulfonamides is 1. The van der Waals surface area contributed by atoms with Gasteiger partial charge in [0.2, 0.25) is 10.0 Å². The molecule has 0 fully saturated rings. The van der Waals surface area contributed by atoms with Gasteiger partial charge < -0.3 is 5.11 Å². The first kappa shape index (κ1) is 11.2. The highest BCUT2D eigenvalue weighted by Crippen LogP contribution is 2.28. The smallest absolute Gasteiger partial charge is 0.229 e. The van der Waals surface area contributed by atoms with Gasteiger partial charge in [0.15, 0.2) is 0 Å². The summed E-state index contributed by atoms with van der Waals surface area (Å²) in [6.45, 7) is 0. The van der Waals surface area contributed by atoms with Gasteiger partial charge in [0.25, 0.3) is 0 Å². The third kappa shape index (κ3) is 3.12. The van der Waals surface area contributed by atoms with Crippen molar-refractivity contribution in [3.63, 3.8) is 0 Å². The van der Waals surface area contributed by atoms with Gasteiger partial charge in [-0.25, -0.2) is 8.42 Å². The predicted molar refractivity (Wildman–Crippen MR) is 58.4 cm³/mol. The van der Waals surface area contributed by atoms with Crippen LogP contribution < -0.4 is 4.72 Å². The van der Waals surface area contributed by atoms with Crippen molar-refractivity contribution in [1.29, 1.82) is 0 Å². The maximum atomic E-state index is 10.9. The van der Waals surface area contributed by atoms with E-state index in [2.05, 4.69) is 4.72 Å². The van der Waals surface area contributed by atoms with Crippen LogP contribution in [0.4, 0.5) is 5.69 Å². The lowest BCUT2D eigenvalue weighted by atomic mass is 10.3. The molecule has 0 aliphatic heterocycles. The average molecular weight is 233 g/mol. The van der Waals surface area contributed by atoms with Gasteiger partial charge in [-0.2, -0.15) is 0 Å². The third-order valence-corrected chi connectivity index (χ3v) is 2.82. The van der Waals surface area contributed by atoms with E-state index in [-0.39, 0.29) is 11.4 Å². The Morgan fingerprint density at radius 3 is 2.50 bits per heavy atom. The summed E-state index contributed by atoms with van der Waals surface area (Å²) in [5, 5.41) is 9.45. The quantitative estimate of drug-likeness (QED) is 0.613. The molecular formula is C8H11NO3S2. The SMILES string of the molecule is CSc1ccc(NS(C)(=O)=O)c(O)c1. The van der Waals surface area contributed by atoms with Crippen LogP contribution in [0.3, 0.4) is 0 Å². The second kappa shape index (κ2) is 4.10. The number of benzene rings is 1. The van der Waals surface area contributed by atoms with Gasteiger partial charge in [0, 0.05) is 4.90 Å². The van der Waals surface area contributed by atoms with Crippen molar-refractivity contribution in [3.8, 4) is 5.75 Å². The molecule has 1 rings (SSSR count). The topological polar surface area (TPSA) is 66.4 Å². The average Bonchev–Trinajstić information content (AvgIpc) is 2.06. The standard InChI is InChI=1S/C8H11NO3S2/c1-13-6-3-4-7(8(10)5-6)9-14(2,11)12/h3-5,9-10H,1-2H3. The predicted octanol–water partition coefficient (Wildman–Crippen LogP) is 1.49. The zero-order valence-electron chi connectivity index (χ0n) is 7.81. The van der Waals surface area contributed by atoms with Gasteiger partial charge in [0.1, 0.15) is 5.75 Å². The summed E-state index contributed by atoms with van der Waals surface area (Å²) in [6, 6.07) is 4.78. The Kier molecular flexibility index (Phi) is 3.28. The molecule has 0 aromatic heterocycles. The molecule has 0 amide bonds. The zero-order chi connectivity index (χ0) is 10.8. The molecule has 2 N–H and O–H groups in total. The fraction of sp³-hybridized carbons (Fsp3) is 0.250. The first-order chi connectivity index (χ1) is 6.42. The summed E-state index contributed by atoms with van der Waals surface area (Å²) in [6.07, 6.45) is 2.91. The molecule has 4 nitrogen and oxygen atoms in total. The van der Waals surface area contributed by atoms with Crippen molar-refractivity contribution in [2.24, 2.45) is 0 Å². The van der Waals surface area contributed by atoms with Crippen LogP contribution in [0.25, 0.3) is 0 Å². The van der Waals surface area contributed by atoms with Gasteiger partial charge in [0.05, 0.1) is 11.9 Å². The van der Waals surface area contributed by atoms with E-state index in [1.807, 2.05) is 6.26 Å². The number of hydrogen-bond acceptors (Lipinski definition) is 4. The summed E-state index contributed by atoms with van der Waals surface area (Å²) >= 11 is 1.47. The lowest BCUT2D eigenvalue weighted by Gasteiger charge is -2.06. The van der Waals surface area contributed by atoms with E-state index in [1.54, 1.807) is 6.07 Å². The van der Waals surface area contributed by atoms with Gasteiger partial charge in [-0.1, -0.05) is 0 Å². The van der Waals surface area contributed by atoms with Crippen molar-refractivity contribution in [2.75, 3.05) is 17.2 Å². The van der Waals surface area contributed by atoms with E-state index in [9.17, 15) is 13.5 Å². The maximum Gasteiger partial charge on any atom is 0.229 e. The highest BCUT2D eigenvalue weighted by molar-refractivity contribution is 7.98. The van der Waals surface area contributed by atoms with Crippen molar-refractivity contribution < 1.29 is 13.5 Å². The normalized spacial score (nSPS) is 11.3. The summed E-state index contributed by atoms with van der Waals surface area (Å²) in [4.78, 5) is 0.876. The van der Waals surface area contributed by atoms with E-state index < -0.39 is 10.0 Å². The molecule has 0 aliphatic carbocycles. The van der Waals surface area contributed by atoms with E-state index in [1.165, 1.54) is 23.9 Å².